The molecule has 2 aromatic heterocycles. The molecule has 3 aromatic rings. The molecular weight excluding hydrogens is 553 g/mol. The number of pyridine rings is 2. The second-order valence-electron chi connectivity index (χ2n) is 12.9. The smallest absolute Gasteiger partial charge is 0.424 e. The van der Waals surface area contributed by atoms with Gasteiger partial charge in [0.05, 0.1) is 11.9 Å². The third kappa shape index (κ3) is 7.57. The van der Waals surface area contributed by atoms with E-state index in [2.05, 4.69) is 20.6 Å². The van der Waals surface area contributed by atoms with Gasteiger partial charge in [-0.05, 0) is 96.9 Å². The zero-order chi connectivity index (χ0) is 31.7. The summed E-state index contributed by atoms with van der Waals surface area (Å²) in [5, 5.41) is 6.96. The number of amides is 4. The highest BCUT2D eigenvalue weighted by Crippen LogP contribution is 2.37. The number of anilines is 2. The molecule has 1 aliphatic rings. The second-order valence-corrected chi connectivity index (χ2v) is 12.9. The van der Waals surface area contributed by atoms with Crippen LogP contribution in [-0.4, -0.2) is 45.4 Å². The minimum atomic E-state index is -0.948. The topological polar surface area (TPSA) is 123 Å². The molecule has 0 unspecified atom stereocenters. The maximum absolute atomic E-state index is 15.9. The van der Waals surface area contributed by atoms with Gasteiger partial charge in [-0.2, -0.15) is 4.90 Å². The van der Waals surface area contributed by atoms with Crippen LogP contribution in [0, 0.1) is 19.7 Å². The highest BCUT2D eigenvalue weighted by Gasteiger charge is 2.34. The molecule has 11 heteroatoms. The summed E-state index contributed by atoms with van der Waals surface area (Å²) in [5.41, 5.74) is -0.369. The predicted octanol–water partition coefficient (Wildman–Crippen LogP) is 7.79. The van der Waals surface area contributed by atoms with E-state index in [-0.39, 0.29) is 23.3 Å². The summed E-state index contributed by atoms with van der Waals surface area (Å²) in [6.07, 6.45) is 6.53. The van der Waals surface area contributed by atoms with Crippen molar-refractivity contribution < 1.29 is 28.2 Å². The van der Waals surface area contributed by atoms with Crippen molar-refractivity contribution in [2.45, 2.75) is 98.3 Å². The minimum Gasteiger partial charge on any atom is -0.443 e. The lowest BCUT2D eigenvalue weighted by Crippen LogP contribution is -2.44. The van der Waals surface area contributed by atoms with Crippen LogP contribution >= 0.6 is 0 Å². The number of aryl methyl sites for hydroxylation is 1. The van der Waals surface area contributed by atoms with E-state index in [0.29, 0.717) is 33.3 Å². The van der Waals surface area contributed by atoms with E-state index in [1.165, 1.54) is 18.6 Å². The summed E-state index contributed by atoms with van der Waals surface area (Å²) in [5.74, 6) is -0.179. The molecule has 1 aromatic carbocycles. The van der Waals surface area contributed by atoms with E-state index >= 15 is 4.39 Å². The molecular formula is C32H40FN5O5. The minimum absolute atomic E-state index is 0.0961. The number of rotatable bonds is 4. The predicted molar refractivity (Wildman–Crippen MR) is 164 cm³/mol. The fraction of sp³-hybridized carbons (Fsp3) is 0.469. The van der Waals surface area contributed by atoms with Crippen molar-refractivity contribution in [2.24, 2.45) is 0 Å². The Labute approximate surface area is 251 Å². The molecule has 0 radical (unpaired) electrons. The van der Waals surface area contributed by atoms with Crippen LogP contribution in [0.15, 0.2) is 30.7 Å². The summed E-state index contributed by atoms with van der Waals surface area (Å²) in [4.78, 5) is 48.4. The third-order valence-electron chi connectivity index (χ3n) is 7.01. The van der Waals surface area contributed by atoms with E-state index in [1.807, 2.05) is 0 Å². The van der Waals surface area contributed by atoms with Crippen molar-refractivity contribution in [2.75, 3.05) is 10.2 Å². The number of ether oxygens (including phenoxy) is 2. The molecule has 2 N–H and O–H groups in total. The van der Waals surface area contributed by atoms with Gasteiger partial charge in [-0.25, -0.2) is 23.8 Å². The Morgan fingerprint density at radius 1 is 0.884 bits per heavy atom. The number of fused-ring (bicyclic) bond motifs is 1. The Hall–Kier alpha value is -4.28. The van der Waals surface area contributed by atoms with Crippen molar-refractivity contribution in [3.63, 3.8) is 0 Å². The zero-order valence-electron chi connectivity index (χ0n) is 26.1. The molecule has 2 heterocycles. The molecule has 43 heavy (non-hydrogen) atoms. The van der Waals surface area contributed by atoms with Gasteiger partial charge < -0.3 is 14.8 Å². The lowest BCUT2D eigenvalue weighted by molar-refractivity contribution is 0.0430. The Balaban J connectivity index is 1.75. The summed E-state index contributed by atoms with van der Waals surface area (Å²) < 4.78 is 26.9. The molecule has 1 saturated carbocycles. The molecule has 1 fully saturated rings. The number of nitrogens with one attached hydrogen (secondary N) is 2. The fourth-order valence-electron chi connectivity index (χ4n) is 5.01. The molecule has 4 amide bonds. The van der Waals surface area contributed by atoms with E-state index in [9.17, 15) is 14.4 Å². The van der Waals surface area contributed by atoms with Crippen molar-refractivity contribution >= 4 is 40.5 Å². The molecule has 0 aliphatic heterocycles. The maximum Gasteiger partial charge on any atom is 0.424 e. The number of urea groups is 1. The Kier molecular flexibility index (Phi) is 8.94. The molecule has 0 bridgehead atoms. The zero-order valence-corrected chi connectivity index (χ0v) is 26.1. The second kappa shape index (κ2) is 12.1. The number of halogens is 1. The van der Waals surface area contributed by atoms with Crippen molar-refractivity contribution in [1.82, 2.24) is 15.3 Å². The first-order chi connectivity index (χ1) is 20.0. The lowest BCUT2D eigenvalue weighted by Gasteiger charge is -2.29. The number of carbonyl (C=O) groups excluding carboxylic acids is 3. The quantitative estimate of drug-likeness (QED) is 0.316. The van der Waals surface area contributed by atoms with Gasteiger partial charge in [0.1, 0.15) is 22.8 Å². The van der Waals surface area contributed by atoms with Crippen LogP contribution in [0.5, 0.6) is 0 Å². The largest absolute Gasteiger partial charge is 0.443 e. The van der Waals surface area contributed by atoms with E-state index in [0.717, 1.165) is 30.6 Å². The average molecular weight is 594 g/mol. The summed E-state index contributed by atoms with van der Waals surface area (Å²) in [6, 6.07) is 3.13. The molecule has 0 saturated heterocycles. The molecule has 0 spiro atoms. The highest BCUT2D eigenvalue weighted by atomic mass is 19.1. The van der Waals surface area contributed by atoms with Crippen LogP contribution in [0.1, 0.15) is 78.4 Å². The van der Waals surface area contributed by atoms with Gasteiger partial charge in [-0.15, -0.1) is 0 Å². The number of carbonyl (C=O) groups is 3. The molecule has 1 aliphatic carbocycles. The maximum atomic E-state index is 15.9. The number of benzene rings is 1. The SMILES string of the molecule is Cc1c(-c2cc3cc(NC(=O)NC4CCCC4)ncc3c(C)c2F)cncc1N(C(=O)OC(C)(C)C)C(=O)OC(C)(C)C. The first kappa shape index (κ1) is 31.7. The van der Waals surface area contributed by atoms with E-state index in [1.54, 1.807) is 67.5 Å². The van der Waals surface area contributed by atoms with Gasteiger partial charge in [0, 0.05) is 34.9 Å². The first-order valence-corrected chi connectivity index (χ1v) is 14.4. The monoisotopic (exact) mass is 593 g/mol. The highest BCUT2D eigenvalue weighted by molar-refractivity contribution is 6.10. The van der Waals surface area contributed by atoms with Gasteiger partial charge >= 0.3 is 18.2 Å². The van der Waals surface area contributed by atoms with Crippen LogP contribution < -0.4 is 15.5 Å². The number of nitrogens with zero attached hydrogens (tertiary/aromatic N) is 3. The molecule has 10 nitrogen and oxygen atoms in total. The average Bonchev–Trinajstić information content (AvgIpc) is 3.38. The summed E-state index contributed by atoms with van der Waals surface area (Å²) in [7, 11) is 0. The van der Waals surface area contributed by atoms with Crippen LogP contribution in [0.2, 0.25) is 0 Å². The van der Waals surface area contributed by atoms with Gasteiger partial charge in [0.2, 0.25) is 0 Å². The third-order valence-corrected chi connectivity index (χ3v) is 7.01. The van der Waals surface area contributed by atoms with Crippen molar-refractivity contribution in [1.29, 1.82) is 0 Å². The number of hydrogen-bond donors (Lipinski definition) is 2. The Morgan fingerprint density at radius 3 is 2.07 bits per heavy atom. The number of hydrogen-bond acceptors (Lipinski definition) is 7. The lowest BCUT2D eigenvalue weighted by atomic mass is 9.95. The fourth-order valence-corrected chi connectivity index (χ4v) is 5.01. The van der Waals surface area contributed by atoms with Crippen LogP contribution in [0.3, 0.4) is 0 Å². The van der Waals surface area contributed by atoms with Crippen LogP contribution in [-0.2, 0) is 9.47 Å². The first-order valence-electron chi connectivity index (χ1n) is 14.4. The van der Waals surface area contributed by atoms with Crippen LogP contribution in [0.25, 0.3) is 21.9 Å². The number of aromatic nitrogens is 2. The Bertz CT molecular complexity index is 1530. The normalized spacial score (nSPS) is 14.0. The van der Waals surface area contributed by atoms with Gasteiger partial charge in [0.25, 0.3) is 0 Å². The van der Waals surface area contributed by atoms with E-state index in [4.69, 9.17) is 9.47 Å². The molecule has 4 rings (SSSR count). The van der Waals surface area contributed by atoms with Gasteiger partial charge in [-0.1, -0.05) is 12.8 Å². The Morgan fingerprint density at radius 2 is 1.49 bits per heavy atom. The number of imide groups is 1. The molecule has 0 atom stereocenters. The summed E-state index contributed by atoms with van der Waals surface area (Å²) in [6.45, 7) is 13.4. The standard InChI is InChI=1S/C32H40FN5O5/c1-18-24(15-34-17-25(18)38(29(40)42-31(3,4)5)30(41)43-32(6,7)8)22-13-20-14-26(35-16-23(20)19(2)27(22)33)37-28(39)36-21-11-9-10-12-21/h13-17,21H,9-12H2,1-8H3,(H2,35,36,37,39). The van der Waals surface area contributed by atoms with E-state index < -0.39 is 29.2 Å². The van der Waals surface area contributed by atoms with Crippen molar-refractivity contribution in [3.8, 4) is 11.1 Å². The summed E-state index contributed by atoms with van der Waals surface area (Å²) >= 11 is 0. The van der Waals surface area contributed by atoms with Crippen molar-refractivity contribution in [3.05, 3.63) is 47.7 Å². The van der Waals surface area contributed by atoms with Crippen LogP contribution in [0.4, 0.5) is 30.3 Å². The van der Waals surface area contributed by atoms with Gasteiger partial charge in [0.15, 0.2) is 0 Å². The molecule has 230 valence electrons. The van der Waals surface area contributed by atoms with Gasteiger partial charge in [-0.3, -0.25) is 10.3 Å².